The molecule has 4 rings (SSSR count). The highest BCUT2D eigenvalue weighted by molar-refractivity contribution is 7.18. The third-order valence-electron chi connectivity index (χ3n) is 5.14. The molecule has 30 heavy (non-hydrogen) atoms. The zero-order chi connectivity index (χ0) is 21.1. The Balaban J connectivity index is 1.33. The average molecular weight is 428 g/mol. The number of aryl methyl sites for hydroxylation is 3. The maximum Gasteiger partial charge on any atom is 0.262 e. The van der Waals surface area contributed by atoms with E-state index in [9.17, 15) is 18.8 Å². The van der Waals surface area contributed by atoms with Gasteiger partial charge in [-0.1, -0.05) is 12.1 Å². The van der Waals surface area contributed by atoms with Gasteiger partial charge >= 0.3 is 0 Å². The first kappa shape index (κ1) is 20.2. The molecule has 2 amide bonds. The lowest BCUT2D eigenvalue weighted by molar-refractivity contribution is -0.128. The molecule has 0 radical (unpaired) electrons. The van der Waals surface area contributed by atoms with Crippen LogP contribution < -0.4 is 16.4 Å². The van der Waals surface area contributed by atoms with Gasteiger partial charge in [0.2, 0.25) is 11.8 Å². The van der Waals surface area contributed by atoms with Crippen LogP contribution in [0, 0.1) is 5.82 Å². The quantitative estimate of drug-likeness (QED) is 0.610. The molecule has 0 spiro atoms. The van der Waals surface area contributed by atoms with Crippen LogP contribution in [0.2, 0.25) is 0 Å². The number of thiophene rings is 1. The van der Waals surface area contributed by atoms with Crippen LogP contribution in [0.3, 0.4) is 0 Å². The van der Waals surface area contributed by atoms with Gasteiger partial charge in [0.15, 0.2) is 0 Å². The lowest BCUT2D eigenvalue weighted by atomic mass is 9.97. The first-order valence-corrected chi connectivity index (χ1v) is 10.6. The van der Waals surface area contributed by atoms with Crippen molar-refractivity contribution in [1.29, 1.82) is 0 Å². The number of halogens is 1. The number of nitrogens with one attached hydrogen (secondary N) is 2. The van der Waals surface area contributed by atoms with Gasteiger partial charge in [-0.05, 0) is 48.9 Å². The third-order valence-corrected chi connectivity index (χ3v) is 6.34. The molecule has 1 aliphatic carbocycles. The Morgan fingerprint density at radius 2 is 1.83 bits per heavy atom. The second-order valence-corrected chi connectivity index (χ2v) is 8.37. The number of carbonyl (C=O) groups excluding carboxylic acids is 2. The number of hydrogen-bond donors (Lipinski definition) is 2. The zero-order valence-electron chi connectivity index (χ0n) is 16.2. The van der Waals surface area contributed by atoms with Crippen LogP contribution in [0.5, 0.6) is 0 Å². The molecule has 0 fully saturated rings. The smallest absolute Gasteiger partial charge is 0.262 e. The summed E-state index contributed by atoms with van der Waals surface area (Å²) in [6.45, 7) is 0.173. The summed E-state index contributed by atoms with van der Waals surface area (Å²) < 4.78 is 14.3. The molecule has 0 aliphatic heterocycles. The molecule has 0 atom stereocenters. The van der Waals surface area contributed by atoms with Crippen molar-refractivity contribution in [3.05, 3.63) is 62.8 Å². The maximum absolute atomic E-state index is 12.9. The molecule has 2 heterocycles. The van der Waals surface area contributed by atoms with Gasteiger partial charge in [0.25, 0.3) is 5.56 Å². The minimum Gasteiger partial charge on any atom is -0.298 e. The number of carbonyl (C=O) groups is 2. The predicted molar refractivity (Wildman–Crippen MR) is 112 cm³/mol. The minimum absolute atomic E-state index is 0.0177. The molecule has 2 N–H and O–H groups in total. The minimum atomic E-state index is -0.417. The van der Waals surface area contributed by atoms with E-state index in [1.165, 1.54) is 40.0 Å². The molecule has 0 saturated carbocycles. The lowest BCUT2D eigenvalue weighted by Gasteiger charge is -2.11. The van der Waals surface area contributed by atoms with Crippen LogP contribution in [0.1, 0.15) is 35.3 Å². The number of fused-ring (bicyclic) bond motifs is 3. The van der Waals surface area contributed by atoms with Crippen LogP contribution in [0.15, 0.2) is 35.4 Å². The van der Waals surface area contributed by atoms with Crippen LogP contribution in [0.25, 0.3) is 10.2 Å². The molecule has 7 nitrogen and oxygen atoms in total. The van der Waals surface area contributed by atoms with Crippen molar-refractivity contribution in [3.8, 4) is 0 Å². The van der Waals surface area contributed by atoms with Crippen molar-refractivity contribution < 1.29 is 14.0 Å². The Labute approximate surface area is 175 Å². The molecule has 1 aliphatic rings. The Morgan fingerprint density at radius 3 is 2.63 bits per heavy atom. The molecule has 156 valence electrons. The van der Waals surface area contributed by atoms with Gasteiger partial charge in [-0.25, -0.2) is 9.37 Å². The SMILES string of the molecule is O=C(CCn1cnc2sc3c(c2c1=O)CCCC3)NNC(=O)Cc1ccc(F)cc1. The predicted octanol–water partition coefficient (Wildman–Crippen LogP) is 2.26. The van der Waals surface area contributed by atoms with Crippen LogP contribution in [-0.4, -0.2) is 21.4 Å². The summed E-state index contributed by atoms with van der Waals surface area (Å²) in [5.74, 6) is -1.21. The summed E-state index contributed by atoms with van der Waals surface area (Å²) in [6.07, 6.45) is 5.63. The summed E-state index contributed by atoms with van der Waals surface area (Å²) in [7, 11) is 0. The van der Waals surface area contributed by atoms with Gasteiger partial charge < -0.3 is 0 Å². The number of rotatable bonds is 5. The molecule has 0 saturated heterocycles. The van der Waals surface area contributed by atoms with Crippen LogP contribution >= 0.6 is 11.3 Å². The maximum atomic E-state index is 12.9. The summed E-state index contributed by atoms with van der Waals surface area (Å²) in [5, 5.41) is 0.685. The second-order valence-electron chi connectivity index (χ2n) is 7.28. The third kappa shape index (κ3) is 4.40. The van der Waals surface area contributed by atoms with E-state index in [4.69, 9.17) is 0 Å². The number of benzene rings is 1. The monoisotopic (exact) mass is 428 g/mol. The standard InChI is InChI=1S/C21H21FN4O3S/c22-14-7-5-13(6-8-14)11-18(28)25-24-17(27)9-10-26-12-23-20-19(21(26)29)15-3-1-2-4-16(15)30-20/h5-8,12H,1-4,9-11H2,(H,24,27)(H,25,28). The Kier molecular flexibility index (Phi) is 5.89. The van der Waals surface area contributed by atoms with E-state index in [2.05, 4.69) is 15.8 Å². The fourth-order valence-corrected chi connectivity index (χ4v) is 4.82. The molecule has 3 aromatic rings. The molecular weight excluding hydrogens is 407 g/mol. The van der Waals surface area contributed by atoms with Gasteiger partial charge in [-0.2, -0.15) is 0 Å². The summed E-state index contributed by atoms with van der Waals surface area (Å²) >= 11 is 1.59. The number of aromatic nitrogens is 2. The molecule has 2 aromatic heterocycles. The Morgan fingerprint density at radius 1 is 1.10 bits per heavy atom. The highest BCUT2D eigenvalue weighted by atomic mass is 32.1. The number of nitrogens with zero attached hydrogens (tertiary/aromatic N) is 2. The van der Waals surface area contributed by atoms with Gasteiger partial charge in [0, 0.05) is 17.8 Å². The lowest BCUT2D eigenvalue weighted by Crippen LogP contribution is -2.42. The number of hydrogen-bond acceptors (Lipinski definition) is 5. The summed E-state index contributed by atoms with van der Waals surface area (Å²) in [6, 6.07) is 5.56. The van der Waals surface area contributed by atoms with E-state index in [0.717, 1.165) is 36.1 Å². The van der Waals surface area contributed by atoms with E-state index >= 15 is 0 Å². The molecule has 0 unspecified atom stereocenters. The molecule has 0 bridgehead atoms. The van der Waals surface area contributed by atoms with Crippen molar-refractivity contribution in [2.45, 2.75) is 45.1 Å². The van der Waals surface area contributed by atoms with Crippen molar-refractivity contribution in [2.75, 3.05) is 0 Å². The molecule has 9 heteroatoms. The van der Waals surface area contributed by atoms with Crippen molar-refractivity contribution >= 4 is 33.4 Å². The highest BCUT2D eigenvalue weighted by Gasteiger charge is 2.20. The van der Waals surface area contributed by atoms with Crippen molar-refractivity contribution in [2.24, 2.45) is 0 Å². The zero-order valence-corrected chi connectivity index (χ0v) is 17.1. The van der Waals surface area contributed by atoms with Crippen LogP contribution in [0.4, 0.5) is 4.39 Å². The van der Waals surface area contributed by atoms with Gasteiger partial charge in [-0.3, -0.25) is 29.8 Å². The average Bonchev–Trinajstić information content (AvgIpc) is 3.13. The molecular formula is C21H21FN4O3S. The van der Waals surface area contributed by atoms with Crippen molar-refractivity contribution in [3.63, 3.8) is 0 Å². The largest absolute Gasteiger partial charge is 0.298 e. The van der Waals surface area contributed by atoms with E-state index in [-0.39, 0.29) is 30.8 Å². The first-order chi connectivity index (χ1) is 14.5. The highest BCUT2D eigenvalue weighted by Crippen LogP contribution is 2.33. The second kappa shape index (κ2) is 8.74. The van der Waals surface area contributed by atoms with Crippen LogP contribution in [-0.2, 0) is 35.4 Å². The fourth-order valence-electron chi connectivity index (χ4n) is 3.60. The van der Waals surface area contributed by atoms with E-state index in [0.29, 0.717) is 10.9 Å². The first-order valence-electron chi connectivity index (χ1n) is 9.83. The van der Waals surface area contributed by atoms with Gasteiger partial charge in [-0.15, -0.1) is 11.3 Å². The fraction of sp³-hybridized carbons (Fsp3) is 0.333. The summed E-state index contributed by atoms with van der Waals surface area (Å²) in [5.41, 5.74) is 6.30. The Bertz CT molecular complexity index is 1150. The Hall–Kier alpha value is -3.07. The van der Waals surface area contributed by atoms with E-state index in [1.54, 1.807) is 11.3 Å². The van der Waals surface area contributed by atoms with Gasteiger partial charge in [0.1, 0.15) is 10.6 Å². The summed E-state index contributed by atoms with van der Waals surface area (Å²) in [4.78, 5) is 43.3. The molecule has 1 aromatic carbocycles. The van der Waals surface area contributed by atoms with Gasteiger partial charge in [0.05, 0.1) is 18.1 Å². The number of amides is 2. The topological polar surface area (TPSA) is 93.1 Å². The van der Waals surface area contributed by atoms with E-state index < -0.39 is 11.8 Å². The van der Waals surface area contributed by atoms with Crippen molar-refractivity contribution in [1.82, 2.24) is 20.4 Å². The normalized spacial score (nSPS) is 13.1. The van der Waals surface area contributed by atoms with E-state index in [1.807, 2.05) is 0 Å². The number of hydrazine groups is 1.